The van der Waals surface area contributed by atoms with Crippen molar-refractivity contribution in [3.8, 4) is 0 Å². The van der Waals surface area contributed by atoms with Crippen molar-refractivity contribution in [3.63, 3.8) is 0 Å². The van der Waals surface area contributed by atoms with E-state index >= 15 is 0 Å². The molecular weight excluding hydrogens is 344 g/mol. The second-order valence-corrected chi connectivity index (χ2v) is 6.88. The lowest BCUT2D eigenvalue weighted by Gasteiger charge is -2.17. The maximum absolute atomic E-state index is 13.3. The summed E-state index contributed by atoms with van der Waals surface area (Å²) in [6.45, 7) is 0.555. The maximum atomic E-state index is 13.3. The molecule has 0 spiro atoms. The highest BCUT2D eigenvalue weighted by molar-refractivity contribution is 6.35. The number of fused-ring (bicyclic) bond motifs is 2. The number of para-hydroxylation sites is 2. The first-order valence-corrected chi connectivity index (χ1v) is 9.32. The summed E-state index contributed by atoms with van der Waals surface area (Å²) in [5, 5.41) is 1.09. The molecule has 3 heteroatoms. The zero-order chi connectivity index (χ0) is 18.9. The molecule has 1 amide bonds. The Morgan fingerprint density at radius 3 is 2.43 bits per heavy atom. The van der Waals surface area contributed by atoms with Crippen molar-refractivity contribution in [1.82, 2.24) is 4.98 Å². The lowest BCUT2D eigenvalue weighted by molar-refractivity contribution is -0.113. The van der Waals surface area contributed by atoms with Crippen molar-refractivity contribution in [2.45, 2.75) is 6.54 Å². The van der Waals surface area contributed by atoms with Crippen LogP contribution in [0.25, 0.3) is 22.6 Å². The van der Waals surface area contributed by atoms with Gasteiger partial charge in [0.05, 0.1) is 29.0 Å². The van der Waals surface area contributed by atoms with Crippen LogP contribution in [0.3, 0.4) is 0 Å². The number of rotatable bonds is 3. The van der Waals surface area contributed by atoms with Crippen molar-refractivity contribution in [2.24, 2.45) is 0 Å². The zero-order valence-corrected chi connectivity index (χ0v) is 15.2. The number of pyridine rings is 1. The first kappa shape index (κ1) is 16.5. The monoisotopic (exact) mass is 362 g/mol. The topological polar surface area (TPSA) is 33.2 Å². The van der Waals surface area contributed by atoms with E-state index in [2.05, 4.69) is 0 Å². The summed E-state index contributed by atoms with van der Waals surface area (Å²) in [6.07, 6.45) is 1.90. The predicted octanol–water partition coefficient (Wildman–Crippen LogP) is 5.32. The number of hydrogen-bond acceptors (Lipinski definition) is 2. The molecule has 5 rings (SSSR count). The lowest BCUT2D eigenvalue weighted by Crippen LogP contribution is -2.25. The Morgan fingerprint density at radius 1 is 0.786 bits per heavy atom. The van der Waals surface area contributed by atoms with Crippen LogP contribution in [0.2, 0.25) is 0 Å². The van der Waals surface area contributed by atoms with Gasteiger partial charge in [-0.05, 0) is 29.8 Å². The fourth-order valence-corrected chi connectivity index (χ4v) is 3.68. The predicted molar refractivity (Wildman–Crippen MR) is 114 cm³/mol. The van der Waals surface area contributed by atoms with E-state index in [4.69, 9.17) is 4.98 Å². The van der Waals surface area contributed by atoms with Crippen molar-refractivity contribution in [1.29, 1.82) is 0 Å². The summed E-state index contributed by atoms with van der Waals surface area (Å²) in [5.41, 5.74) is 5.42. The molecule has 4 aromatic rings. The molecule has 0 fully saturated rings. The van der Waals surface area contributed by atoms with Gasteiger partial charge >= 0.3 is 0 Å². The van der Waals surface area contributed by atoms with Gasteiger partial charge in [-0.3, -0.25) is 4.79 Å². The highest BCUT2D eigenvalue weighted by atomic mass is 16.2. The Hall–Kier alpha value is -3.72. The fourth-order valence-electron chi connectivity index (χ4n) is 3.68. The molecule has 0 aliphatic carbocycles. The van der Waals surface area contributed by atoms with Crippen molar-refractivity contribution >= 4 is 34.1 Å². The third-order valence-corrected chi connectivity index (χ3v) is 5.06. The maximum Gasteiger partial charge on any atom is 0.259 e. The normalized spacial score (nSPS) is 14.6. The van der Waals surface area contributed by atoms with Crippen molar-refractivity contribution < 1.29 is 4.79 Å². The van der Waals surface area contributed by atoms with Crippen LogP contribution in [-0.2, 0) is 11.3 Å². The van der Waals surface area contributed by atoms with Gasteiger partial charge in [0, 0.05) is 10.9 Å². The van der Waals surface area contributed by atoms with Gasteiger partial charge in [-0.25, -0.2) is 4.98 Å². The van der Waals surface area contributed by atoms with Crippen LogP contribution in [0.15, 0.2) is 91.0 Å². The van der Waals surface area contributed by atoms with Gasteiger partial charge in [0.15, 0.2) is 0 Å². The SMILES string of the molecule is O=C1/C(=C\c2ccc3ccccc3n2)c2ccccc2N1Cc1ccccc1. The number of nitrogens with zero attached hydrogens (tertiary/aromatic N) is 2. The number of amides is 1. The first-order chi connectivity index (χ1) is 13.8. The van der Waals surface area contributed by atoms with Crippen LogP contribution in [0.1, 0.15) is 16.8 Å². The van der Waals surface area contributed by atoms with Crippen LogP contribution in [0.4, 0.5) is 5.69 Å². The number of carbonyl (C=O) groups is 1. The Kier molecular flexibility index (Phi) is 3.99. The molecule has 3 nitrogen and oxygen atoms in total. The van der Waals surface area contributed by atoms with Crippen molar-refractivity contribution in [2.75, 3.05) is 4.90 Å². The molecule has 0 radical (unpaired) electrons. The molecule has 0 unspecified atom stereocenters. The second-order valence-electron chi connectivity index (χ2n) is 6.88. The highest BCUT2D eigenvalue weighted by Gasteiger charge is 2.32. The minimum Gasteiger partial charge on any atom is -0.303 e. The second kappa shape index (κ2) is 6.78. The van der Waals surface area contributed by atoms with E-state index in [-0.39, 0.29) is 5.91 Å². The van der Waals surface area contributed by atoms with Gasteiger partial charge in [-0.1, -0.05) is 72.8 Å². The van der Waals surface area contributed by atoms with E-state index in [1.807, 2.05) is 102 Å². The quantitative estimate of drug-likeness (QED) is 0.462. The molecule has 1 aromatic heterocycles. The van der Waals surface area contributed by atoms with E-state index in [0.29, 0.717) is 12.1 Å². The average Bonchev–Trinajstić information content (AvgIpc) is 3.00. The molecule has 2 heterocycles. The lowest BCUT2D eigenvalue weighted by atomic mass is 10.1. The molecule has 3 aromatic carbocycles. The van der Waals surface area contributed by atoms with Crippen LogP contribution in [0.5, 0.6) is 0 Å². The minimum absolute atomic E-state index is 0.0139. The molecule has 0 N–H and O–H groups in total. The van der Waals surface area contributed by atoms with E-state index in [0.717, 1.165) is 33.4 Å². The van der Waals surface area contributed by atoms with Crippen LogP contribution < -0.4 is 4.90 Å². The molecule has 28 heavy (non-hydrogen) atoms. The van der Waals surface area contributed by atoms with Crippen LogP contribution >= 0.6 is 0 Å². The van der Waals surface area contributed by atoms with Gasteiger partial charge in [-0.15, -0.1) is 0 Å². The van der Waals surface area contributed by atoms with E-state index in [1.165, 1.54) is 0 Å². The number of carbonyl (C=O) groups excluding carboxylic acids is 1. The van der Waals surface area contributed by atoms with Gasteiger partial charge in [0.1, 0.15) is 0 Å². The highest BCUT2D eigenvalue weighted by Crippen LogP contribution is 2.38. The Labute approximate surface area is 163 Å². The van der Waals surface area contributed by atoms with E-state index in [1.54, 1.807) is 0 Å². The summed E-state index contributed by atoms with van der Waals surface area (Å²) < 4.78 is 0. The summed E-state index contributed by atoms with van der Waals surface area (Å²) in [7, 11) is 0. The van der Waals surface area contributed by atoms with Crippen molar-refractivity contribution in [3.05, 3.63) is 108 Å². The molecule has 0 saturated carbocycles. The molecule has 0 atom stereocenters. The number of hydrogen-bond donors (Lipinski definition) is 0. The van der Waals surface area contributed by atoms with Crippen LogP contribution in [-0.4, -0.2) is 10.9 Å². The molecular formula is C25H18N2O. The Morgan fingerprint density at radius 2 is 1.54 bits per heavy atom. The van der Waals surface area contributed by atoms with Crippen LogP contribution in [0, 0.1) is 0 Å². The number of aromatic nitrogens is 1. The average molecular weight is 362 g/mol. The molecule has 134 valence electrons. The first-order valence-electron chi connectivity index (χ1n) is 9.32. The van der Waals surface area contributed by atoms with Gasteiger partial charge in [-0.2, -0.15) is 0 Å². The third kappa shape index (κ3) is 2.87. The molecule has 1 aliphatic heterocycles. The fraction of sp³-hybridized carbons (Fsp3) is 0.0400. The van der Waals surface area contributed by atoms with E-state index in [9.17, 15) is 4.79 Å². The minimum atomic E-state index is 0.0139. The van der Waals surface area contributed by atoms with Gasteiger partial charge in [0.25, 0.3) is 5.91 Å². The molecule has 1 aliphatic rings. The standard InChI is InChI=1S/C25H18N2O/c28-25-22(16-20-15-14-19-10-4-6-12-23(19)26-20)21-11-5-7-13-24(21)27(25)17-18-8-2-1-3-9-18/h1-16H,17H2/b22-16-. The zero-order valence-electron chi connectivity index (χ0n) is 15.2. The summed E-state index contributed by atoms with van der Waals surface area (Å²) in [6, 6.07) is 30.0. The largest absolute Gasteiger partial charge is 0.303 e. The summed E-state index contributed by atoms with van der Waals surface area (Å²) in [5.74, 6) is 0.0139. The van der Waals surface area contributed by atoms with Gasteiger partial charge < -0.3 is 4.90 Å². The summed E-state index contributed by atoms with van der Waals surface area (Å²) >= 11 is 0. The van der Waals surface area contributed by atoms with Gasteiger partial charge in [0.2, 0.25) is 0 Å². The molecule has 0 bridgehead atoms. The summed E-state index contributed by atoms with van der Waals surface area (Å²) in [4.78, 5) is 19.8. The Balaban J connectivity index is 1.57. The Bertz CT molecular complexity index is 1210. The number of anilines is 1. The number of benzene rings is 3. The molecule has 0 saturated heterocycles. The third-order valence-electron chi connectivity index (χ3n) is 5.06. The smallest absolute Gasteiger partial charge is 0.259 e. The van der Waals surface area contributed by atoms with E-state index < -0.39 is 0 Å².